The van der Waals surface area contributed by atoms with Crippen molar-refractivity contribution in [2.24, 2.45) is 0 Å². The molecule has 0 bridgehead atoms. The van der Waals surface area contributed by atoms with Gasteiger partial charge >= 0.3 is 7.32 Å². The summed E-state index contributed by atoms with van der Waals surface area (Å²) < 4.78 is 5.58. The van der Waals surface area contributed by atoms with Crippen LogP contribution >= 0.6 is 0 Å². The monoisotopic (exact) mass is 438 g/mol. The summed E-state index contributed by atoms with van der Waals surface area (Å²) in [6.07, 6.45) is 0. The minimum absolute atomic E-state index is 0.490. The van der Waals surface area contributed by atoms with Crippen LogP contribution in [0.3, 0.4) is 0 Å². The Morgan fingerprint density at radius 3 is 1.25 bits per heavy atom. The normalized spacial score (nSPS) is 11.3. The molecule has 3 nitrogen and oxygen atoms in total. The van der Waals surface area contributed by atoms with E-state index in [4.69, 9.17) is 4.65 Å². The highest BCUT2D eigenvalue weighted by Gasteiger charge is 2.46. The molecule has 4 rings (SSSR count). The van der Waals surface area contributed by atoms with E-state index in [1.54, 1.807) is 0 Å². The number of para-hydroxylation sites is 1. The fourth-order valence-electron chi connectivity index (χ4n) is 4.84. The Kier molecular flexibility index (Phi) is 6.33. The zero-order chi connectivity index (χ0) is 22.7. The zero-order valence-electron chi connectivity index (χ0n) is 18.6. The fourth-order valence-corrected chi connectivity index (χ4v) is 10.5. The van der Waals surface area contributed by atoms with Crippen molar-refractivity contribution in [3.63, 3.8) is 0 Å². The molecule has 160 valence electrons. The van der Waals surface area contributed by atoms with Crippen molar-refractivity contribution in [3.05, 3.63) is 114 Å². The first kappa shape index (κ1) is 22.1. The highest BCUT2D eigenvalue weighted by molar-refractivity contribution is 7.20. The van der Waals surface area contributed by atoms with E-state index in [0.29, 0.717) is 5.75 Å². The summed E-state index contributed by atoms with van der Waals surface area (Å²) in [6, 6.07) is 33.3. The summed E-state index contributed by atoms with van der Waals surface area (Å²) in [4.78, 5) is 0. The molecule has 0 radical (unpaired) electrons. The molecule has 4 aromatic carbocycles. The molecule has 0 aliphatic heterocycles. The molecular weight excluding hydrogens is 411 g/mol. The van der Waals surface area contributed by atoms with Crippen LogP contribution in [0.4, 0.5) is 0 Å². The molecule has 0 heterocycles. The van der Waals surface area contributed by atoms with Crippen LogP contribution in [-0.2, 0) is 0 Å². The summed E-state index contributed by atoms with van der Waals surface area (Å²) in [6.45, 7) is 6.45. The van der Waals surface area contributed by atoms with Gasteiger partial charge < -0.3 is 14.7 Å². The highest BCUT2D eigenvalue weighted by Crippen LogP contribution is 2.20. The Labute approximate surface area is 191 Å². The minimum atomic E-state index is -2.89. The molecule has 0 aromatic heterocycles. The fraction of sp³-hybridized carbons (Fsp3) is 0.111. The summed E-state index contributed by atoms with van der Waals surface area (Å²) in [7, 11) is -4.79. The van der Waals surface area contributed by atoms with E-state index in [9.17, 15) is 10.0 Å². The molecule has 5 heteroatoms. The Morgan fingerprint density at radius 2 is 0.875 bits per heavy atom. The van der Waals surface area contributed by atoms with Gasteiger partial charge in [0.05, 0.1) is 0 Å². The van der Waals surface area contributed by atoms with Crippen molar-refractivity contribution in [1.29, 1.82) is 0 Å². The van der Waals surface area contributed by atoms with Crippen molar-refractivity contribution in [1.82, 2.24) is 0 Å². The molecule has 0 aliphatic rings. The van der Waals surface area contributed by atoms with Crippen molar-refractivity contribution >= 4 is 36.1 Å². The minimum Gasteiger partial charge on any atom is -0.512 e. The molecule has 2 N–H and O–H groups in total. The third-order valence-corrected chi connectivity index (χ3v) is 11.5. The lowest BCUT2D eigenvalue weighted by Crippen LogP contribution is -2.76. The van der Waals surface area contributed by atoms with Crippen molar-refractivity contribution in [2.45, 2.75) is 20.8 Å². The Balaban J connectivity index is 2.25. The molecule has 32 heavy (non-hydrogen) atoms. The van der Waals surface area contributed by atoms with Crippen LogP contribution in [0.25, 0.3) is 0 Å². The zero-order valence-corrected chi connectivity index (χ0v) is 19.6. The smallest absolute Gasteiger partial charge is 0.512 e. The Morgan fingerprint density at radius 1 is 0.531 bits per heavy atom. The molecule has 0 atom stereocenters. The topological polar surface area (TPSA) is 49.7 Å². The first-order valence-electron chi connectivity index (χ1n) is 10.8. The molecule has 0 amide bonds. The SMILES string of the molecule is Cc1ccccc1[Si](c1ccccc1C)(c1ccccc1C)c1ccccc1OB(O)O. The van der Waals surface area contributed by atoms with Gasteiger partial charge in [-0.15, -0.1) is 0 Å². The summed E-state index contributed by atoms with van der Waals surface area (Å²) in [5, 5.41) is 24.2. The van der Waals surface area contributed by atoms with E-state index < -0.39 is 15.4 Å². The van der Waals surface area contributed by atoms with E-state index in [2.05, 4.69) is 99.6 Å². The number of hydrogen-bond acceptors (Lipinski definition) is 3. The molecule has 4 aromatic rings. The molecule has 0 aliphatic carbocycles. The van der Waals surface area contributed by atoms with Crippen molar-refractivity contribution in [2.75, 3.05) is 0 Å². The largest absolute Gasteiger partial charge is 0.707 e. The van der Waals surface area contributed by atoms with Crippen molar-refractivity contribution < 1.29 is 14.7 Å². The van der Waals surface area contributed by atoms with Gasteiger partial charge in [0.1, 0.15) is 5.75 Å². The molecule has 0 unspecified atom stereocenters. The third-order valence-electron chi connectivity index (χ3n) is 6.17. The van der Waals surface area contributed by atoms with Crippen LogP contribution in [-0.4, -0.2) is 25.4 Å². The van der Waals surface area contributed by atoms with E-state index >= 15 is 0 Å². The summed E-state index contributed by atoms with van der Waals surface area (Å²) >= 11 is 0. The molecule has 0 fully saturated rings. The summed E-state index contributed by atoms with van der Waals surface area (Å²) in [5.41, 5.74) is 3.60. The Hall–Kier alpha value is -3.12. The number of rotatable bonds is 6. The average molecular weight is 438 g/mol. The van der Waals surface area contributed by atoms with Gasteiger partial charge in [0.2, 0.25) is 0 Å². The molecule has 0 saturated heterocycles. The molecule has 0 saturated carbocycles. The van der Waals surface area contributed by atoms with Gasteiger partial charge in [-0.3, -0.25) is 0 Å². The predicted molar refractivity (Wildman–Crippen MR) is 135 cm³/mol. The Bertz CT molecular complexity index is 1130. The quantitative estimate of drug-likeness (QED) is 0.359. The van der Waals surface area contributed by atoms with E-state index in [0.717, 1.165) is 5.19 Å². The number of benzene rings is 4. The van der Waals surface area contributed by atoms with Gasteiger partial charge in [0.25, 0.3) is 0 Å². The van der Waals surface area contributed by atoms with Crippen molar-refractivity contribution in [3.8, 4) is 5.75 Å². The lowest BCUT2D eigenvalue weighted by molar-refractivity contribution is 0.289. The van der Waals surface area contributed by atoms with E-state index in [-0.39, 0.29) is 0 Å². The highest BCUT2D eigenvalue weighted by atomic mass is 28.3. The average Bonchev–Trinajstić information content (AvgIpc) is 2.78. The second-order valence-corrected chi connectivity index (χ2v) is 11.8. The van der Waals surface area contributed by atoms with Crippen LogP contribution in [0.5, 0.6) is 5.75 Å². The van der Waals surface area contributed by atoms with Gasteiger partial charge in [0.15, 0.2) is 8.07 Å². The van der Waals surface area contributed by atoms with Gasteiger partial charge in [0, 0.05) is 0 Å². The maximum absolute atomic E-state index is 9.72. The number of aryl methyl sites for hydroxylation is 3. The molecule has 0 spiro atoms. The first-order chi connectivity index (χ1) is 15.5. The van der Waals surface area contributed by atoms with Crippen LogP contribution in [0.2, 0.25) is 0 Å². The van der Waals surface area contributed by atoms with E-state index in [1.807, 2.05) is 18.2 Å². The number of hydrogen-bond donors (Lipinski definition) is 2. The maximum Gasteiger partial charge on any atom is 0.707 e. The maximum atomic E-state index is 9.72. The lowest BCUT2D eigenvalue weighted by Gasteiger charge is -2.38. The third kappa shape index (κ3) is 3.80. The van der Waals surface area contributed by atoms with Crippen LogP contribution in [0.1, 0.15) is 16.7 Å². The van der Waals surface area contributed by atoms with E-state index in [1.165, 1.54) is 32.3 Å². The van der Waals surface area contributed by atoms with Gasteiger partial charge in [-0.1, -0.05) is 108 Å². The predicted octanol–water partition coefficient (Wildman–Crippen LogP) is 2.34. The second kappa shape index (κ2) is 9.17. The lowest BCUT2D eigenvalue weighted by atomic mass is 10.2. The van der Waals surface area contributed by atoms with Crippen LogP contribution < -0.4 is 25.4 Å². The molecular formula is C27H27BO3Si. The standard InChI is InChI=1S/C27H27BO3Si/c1-20-12-4-8-16-24(20)32(25-17-9-5-13-21(25)2,26-18-10-6-14-22(26)3)27-19-11-7-15-23(27)31-28(29)30/h4-19,29-30H,1-3H3. The first-order valence-corrected chi connectivity index (χ1v) is 12.8. The van der Waals surface area contributed by atoms with Gasteiger partial charge in [-0.05, 0) is 47.6 Å². The summed E-state index contributed by atoms with van der Waals surface area (Å²) in [5.74, 6) is 0.490. The van der Waals surface area contributed by atoms with Crippen LogP contribution in [0, 0.1) is 20.8 Å². The van der Waals surface area contributed by atoms with Gasteiger partial charge in [-0.25, -0.2) is 0 Å². The second-order valence-electron chi connectivity index (χ2n) is 8.14. The van der Waals surface area contributed by atoms with Gasteiger partial charge in [-0.2, -0.15) is 0 Å². The van der Waals surface area contributed by atoms with Crippen LogP contribution in [0.15, 0.2) is 97.1 Å².